The van der Waals surface area contributed by atoms with Crippen molar-refractivity contribution in [2.24, 2.45) is 0 Å². The number of carbonyl (C=O) groups excluding carboxylic acids is 2. The number of carbonyl (C=O) groups is 2. The SMILES string of the molecule is O=C(NCC(=O)N1CCC2CCC(C1)N2)c1ccc(Cl)c(Cl)c1. The van der Waals surface area contributed by atoms with E-state index in [9.17, 15) is 9.59 Å². The van der Waals surface area contributed by atoms with Gasteiger partial charge in [0.15, 0.2) is 0 Å². The third kappa shape index (κ3) is 3.97. The molecule has 124 valence electrons. The molecule has 7 heteroatoms. The van der Waals surface area contributed by atoms with Gasteiger partial charge in [0, 0.05) is 30.7 Å². The highest BCUT2D eigenvalue weighted by Crippen LogP contribution is 2.22. The summed E-state index contributed by atoms with van der Waals surface area (Å²) in [5.41, 5.74) is 0.392. The van der Waals surface area contributed by atoms with E-state index in [0.29, 0.717) is 27.7 Å². The van der Waals surface area contributed by atoms with Gasteiger partial charge in [0.25, 0.3) is 5.91 Å². The molecular formula is C16H19Cl2N3O2. The first-order chi connectivity index (χ1) is 11.0. The van der Waals surface area contributed by atoms with Crippen LogP contribution in [-0.2, 0) is 4.79 Å². The highest BCUT2D eigenvalue weighted by Gasteiger charge is 2.31. The molecule has 2 unspecified atom stereocenters. The fraction of sp³-hybridized carbons (Fsp3) is 0.500. The Hall–Kier alpha value is -1.30. The third-order valence-corrected chi connectivity index (χ3v) is 5.20. The molecule has 5 nitrogen and oxygen atoms in total. The zero-order valence-corrected chi connectivity index (χ0v) is 14.2. The zero-order valence-electron chi connectivity index (χ0n) is 12.6. The summed E-state index contributed by atoms with van der Waals surface area (Å²) < 4.78 is 0. The van der Waals surface area contributed by atoms with E-state index in [1.807, 2.05) is 4.90 Å². The lowest BCUT2D eigenvalue weighted by molar-refractivity contribution is -0.130. The fourth-order valence-corrected chi connectivity index (χ4v) is 3.47. The van der Waals surface area contributed by atoms with Gasteiger partial charge in [0.2, 0.25) is 5.91 Å². The second kappa shape index (κ2) is 7.07. The Kier molecular flexibility index (Phi) is 5.09. The van der Waals surface area contributed by atoms with E-state index in [4.69, 9.17) is 23.2 Å². The first kappa shape index (κ1) is 16.6. The van der Waals surface area contributed by atoms with Crippen LogP contribution < -0.4 is 10.6 Å². The number of benzene rings is 1. The van der Waals surface area contributed by atoms with Crippen LogP contribution in [0.1, 0.15) is 29.6 Å². The Bertz CT molecular complexity index is 623. The molecule has 23 heavy (non-hydrogen) atoms. The van der Waals surface area contributed by atoms with Crippen LogP contribution in [0.25, 0.3) is 0 Å². The van der Waals surface area contributed by atoms with E-state index in [1.165, 1.54) is 12.5 Å². The zero-order chi connectivity index (χ0) is 16.4. The summed E-state index contributed by atoms with van der Waals surface area (Å²) in [5.74, 6) is -0.376. The maximum Gasteiger partial charge on any atom is 0.251 e. The minimum absolute atomic E-state index is 0.00351. The van der Waals surface area contributed by atoms with Crippen molar-refractivity contribution in [3.63, 3.8) is 0 Å². The maximum atomic E-state index is 12.3. The lowest BCUT2D eigenvalue weighted by Crippen LogP contribution is -2.44. The molecule has 2 saturated heterocycles. The standard InChI is InChI=1S/C16H19Cl2N3O2/c17-13-4-1-10(7-14(13)18)16(23)19-8-15(22)21-6-5-11-2-3-12(9-21)20-11/h1,4,7,11-12,20H,2-3,5-6,8-9H2,(H,19,23). The van der Waals surface area contributed by atoms with Crippen LogP contribution >= 0.6 is 23.2 Å². The number of halogens is 2. The van der Waals surface area contributed by atoms with Gasteiger partial charge in [-0.2, -0.15) is 0 Å². The molecular weight excluding hydrogens is 337 g/mol. The molecule has 2 heterocycles. The van der Waals surface area contributed by atoms with E-state index < -0.39 is 0 Å². The van der Waals surface area contributed by atoms with Crippen LogP contribution in [0.3, 0.4) is 0 Å². The van der Waals surface area contributed by atoms with Crippen LogP contribution in [0.4, 0.5) is 0 Å². The highest BCUT2D eigenvalue weighted by atomic mass is 35.5. The number of nitrogens with zero attached hydrogens (tertiary/aromatic N) is 1. The predicted molar refractivity (Wildman–Crippen MR) is 89.9 cm³/mol. The minimum atomic E-state index is -0.327. The monoisotopic (exact) mass is 355 g/mol. The topological polar surface area (TPSA) is 61.4 Å². The van der Waals surface area contributed by atoms with E-state index >= 15 is 0 Å². The van der Waals surface area contributed by atoms with Gasteiger partial charge >= 0.3 is 0 Å². The molecule has 0 radical (unpaired) electrons. The Labute approximate surface area is 145 Å². The van der Waals surface area contributed by atoms with Gasteiger partial charge in [0.05, 0.1) is 16.6 Å². The molecule has 2 bridgehead atoms. The molecule has 0 aromatic heterocycles. The summed E-state index contributed by atoms with van der Waals surface area (Å²) in [5, 5.41) is 6.90. The molecule has 2 amide bonds. The lowest BCUT2D eigenvalue weighted by atomic mass is 10.1. The number of amides is 2. The predicted octanol–water partition coefficient (Wildman–Crippen LogP) is 2.08. The molecule has 1 aromatic rings. The maximum absolute atomic E-state index is 12.3. The van der Waals surface area contributed by atoms with Gasteiger partial charge in [0.1, 0.15) is 0 Å². The van der Waals surface area contributed by atoms with Crippen molar-refractivity contribution in [2.75, 3.05) is 19.6 Å². The summed E-state index contributed by atoms with van der Waals surface area (Å²) in [6.07, 6.45) is 3.29. The molecule has 2 atom stereocenters. The molecule has 1 aromatic carbocycles. The molecule has 0 saturated carbocycles. The van der Waals surface area contributed by atoms with E-state index in [2.05, 4.69) is 10.6 Å². The van der Waals surface area contributed by atoms with E-state index in [0.717, 1.165) is 25.9 Å². The van der Waals surface area contributed by atoms with Crippen molar-refractivity contribution < 1.29 is 9.59 Å². The highest BCUT2D eigenvalue weighted by molar-refractivity contribution is 6.42. The quantitative estimate of drug-likeness (QED) is 0.872. The van der Waals surface area contributed by atoms with Crippen molar-refractivity contribution in [1.82, 2.24) is 15.5 Å². The molecule has 2 N–H and O–H groups in total. The number of fused-ring (bicyclic) bond motifs is 2. The van der Waals surface area contributed by atoms with Crippen molar-refractivity contribution in [3.05, 3.63) is 33.8 Å². The normalized spacial score (nSPS) is 23.5. The minimum Gasteiger partial charge on any atom is -0.343 e. The van der Waals surface area contributed by atoms with Crippen LogP contribution in [-0.4, -0.2) is 48.4 Å². The molecule has 3 rings (SSSR count). The van der Waals surface area contributed by atoms with Gasteiger partial charge < -0.3 is 15.5 Å². The summed E-state index contributed by atoms with van der Waals surface area (Å²) >= 11 is 11.7. The number of rotatable bonds is 3. The number of likely N-dealkylation sites (tertiary alicyclic amines) is 1. The number of hydrogen-bond donors (Lipinski definition) is 2. The van der Waals surface area contributed by atoms with Gasteiger partial charge in [-0.3, -0.25) is 9.59 Å². The summed E-state index contributed by atoms with van der Waals surface area (Å²) in [6, 6.07) is 5.57. The Balaban J connectivity index is 1.54. The second-order valence-electron chi connectivity index (χ2n) is 6.08. The molecule has 2 aliphatic heterocycles. The van der Waals surface area contributed by atoms with Crippen LogP contribution in [0.5, 0.6) is 0 Å². The Morgan fingerprint density at radius 1 is 1.17 bits per heavy atom. The third-order valence-electron chi connectivity index (χ3n) is 4.46. The van der Waals surface area contributed by atoms with E-state index in [1.54, 1.807) is 12.1 Å². The molecule has 0 spiro atoms. The van der Waals surface area contributed by atoms with Gasteiger partial charge in [-0.05, 0) is 37.5 Å². The van der Waals surface area contributed by atoms with Crippen molar-refractivity contribution >= 4 is 35.0 Å². The fourth-order valence-electron chi connectivity index (χ4n) is 3.18. The van der Waals surface area contributed by atoms with Gasteiger partial charge in [-0.1, -0.05) is 23.2 Å². The summed E-state index contributed by atoms with van der Waals surface area (Å²) in [6.45, 7) is 1.46. The smallest absolute Gasteiger partial charge is 0.251 e. The summed E-state index contributed by atoms with van der Waals surface area (Å²) in [7, 11) is 0. The van der Waals surface area contributed by atoms with Crippen molar-refractivity contribution in [1.29, 1.82) is 0 Å². The first-order valence-corrected chi connectivity index (χ1v) is 8.55. The average molecular weight is 356 g/mol. The van der Waals surface area contributed by atoms with Crippen molar-refractivity contribution in [2.45, 2.75) is 31.3 Å². The van der Waals surface area contributed by atoms with Crippen LogP contribution in [0.15, 0.2) is 18.2 Å². The molecule has 2 aliphatic rings. The Morgan fingerprint density at radius 2 is 1.96 bits per heavy atom. The van der Waals surface area contributed by atoms with E-state index in [-0.39, 0.29) is 18.4 Å². The first-order valence-electron chi connectivity index (χ1n) is 7.80. The lowest BCUT2D eigenvalue weighted by Gasteiger charge is -2.24. The van der Waals surface area contributed by atoms with Gasteiger partial charge in [-0.25, -0.2) is 0 Å². The second-order valence-corrected chi connectivity index (χ2v) is 6.89. The summed E-state index contributed by atoms with van der Waals surface area (Å²) in [4.78, 5) is 26.3. The Morgan fingerprint density at radius 3 is 2.74 bits per heavy atom. The van der Waals surface area contributed by atoms with Crippen LogP contribution in [0, 0.1) is 0 Å². The number of hydrogen-bond acceptors (Lipinski definition) is 3. The van der Waals surface area contributed by atoms with Gasteiger partial charge in [-0.15, -0.1) is 0 Å². The van der Waals surface area contributed by atoms with Crippen LogP contribution in [0.2, 0.25) is 10.0 Å². The molecule has 2 fully saturated rings. The number of nitrogens with one attached hydrogen (secondary N) is 2. The van der Waals surface area contributed by atoms with Crippen molar-refractivity contribution in [3.8, 4) is 0 Å². The largest absolute Gasteiger partial charge is 0.343 e. The average Bonchev–Trinajstić information content (AvgIpc) is 2.86. The molecule has 0 aliphatic carbocycles.